The van der Waals surface area contributed by atoms with Gasteiger partial charge in [0.1, 0.15) is 0 Å². The Morgan fingerprint density at radius 2 is 2.25 bits per heavy atom. The fourth-order valence-electron chi connectivity index (χ4n) is 0.998. The van der Waals surface area contributed by atoms with Crippen LogP contribution in [-0.2, 0) is 9.63 Å². The van der Waals surface area contributed by atoms with E-state index >= 15 is 0 Å². The average molecular weight is 292 g/mol. The molecule has 1 rings (SSSR count). The highest BCUT2D eigenvalue weighted by Gasteiger charge is 2.16. The van der Waals surface area contributed by atoms with Crippen molar-refractivity contribution < 1.29 is 18.8 Å². The minimum Gasteiger partial charge on any atom is -0.478 e. The first kappa shape index (κ1) is 12.9. The largest absolute Gasteiger partial charge is 0.478 e. The summed E-state index contributed by atoms with van der Waals surface area (Å²) in [6.07, 6.45) is -0.837. The molecule has 1 N–H and O–H groups in total. The molecular formula is C10H11BrFNO3. The van der Waals surface area contributed by atoms with Crippen molar-refractivity contribution in [1.82, 2.24) is 5.48 Å². The molecule has 1 atom stereocenters. The van der Waals surface area contributed by atoms with Gasteiger partial charge < -0.3 is 4.74 Å². The summed E-state index contributed by atoms with van der Waals surface area (Å²) in [6, 6.07) is 4.33. The third-order valence-electron chi connectivity index (χ3n) is 1.77. The Balaban J connectivity index is 2.69. The third kappa shape index (κ3) is 3.46. The summed E-state index contributed by atoms with van der Waals surface area (Å²) in [4.78, 5) is 15.7. The van der Waals surface area contributed by atoms with Crippen LogP contribution in [0.4, 0.5) is 4.39 Å². The molecule has 1 aromatic carbocycles. The van der Waals surface area contributed by atoms with Crippen LogP contribution >= 0.6 is 15.9 Å². The van der Waals surface area contributed by atoms with Gasteiger partial charge in [-0.25, -0.2) is 9.87 Å². The van der Waals surface area contributed by atoms with Crippen LogP contribution in [0.3, 0.4) is 0 Å². The first-order valence-electron chi connectivity index (χ1n) is 4.49. The number of halogens is 2. The van der Waals surface area contributed by atoms with Gasteiger partial charge in [-0.1, -0.05) is 15.9 Å². The number of benzene rings is 1. The number of rotatable bonds is 4. The second kappa shape index (κ2) is 5.81. The Bertz CT molecular complexity index is 386. The van der Waals surface area contributed by atoms with Gasteiger partial charge in [-0.05, 0) is 25.1 Å². The fourth-order valence-corrected chi connectivity index (χ4v) is 1.33. The molecule has 1 aromatic rings. The van der Waals surface area contributed by atoms with E-state index < -0.39 is 17.8 Å². The summed E-state index contributed by atoms with van der Waals surface area (Å²) in [5.74, 6) is -1.00. The van der Waals surface area contributed by atoms with E-state index in [2.05, 4.69) is 26.2 Å². The average Bonchev–Trinajstić information content (AvgIpc) is 2.22. The SMILES string of the molecule is CONC(=O)[C@H](C)Oc1ccc(Br)cc1F. The predicted molar refractivity (Wildman–Crippen MR) is 59.3 cm³/mol. The maximum atomic E-state index is 13.3. The van der Waals surface area contributed by atoms with Gasteiger partial charge >= 0.3 is 0 Å². The van der Waals surface area contributed by atoms with Gasteiger partial charge in [0.15, 0.2) is 17.7 Å². The van der Waals surface area contributed by atoms with E-state index in [1.807, 2.05) is 0 Å². The van der Waals surface area contributed by atoms with Gasteiger partial charge in [0.2, 0.25) is 0 Å². The molecular weight excluding hydrogens is 281 g/mol. The number of carbonyl (C=O) groups is 1. The monoisotopic (exact) mass is 291 g/mol. The van der Waals surface area contributed by atoms with E-state index in [0.29, 0.717) is 4.47 Å². The molecule has 0 radical (unpaired) electrons. The smallest absolute Gasteiger partial charge is 0.284 e. The lowest BCUT2D eigenvalue weighted by Crippen LogP contribution is -2.35. The van der Waals surface area contributed by atoms with Gasteiger partial charge in [-0.2, -0.15) is 0 Å². The van der Waals surface area contributed by atoms with Crippen LogP contribution in [0.1, 0.15) is 6.92 Å². The summed E-state index contributed by atoms with van der Waals surface area (Å²) < 4.78 is 19.1. The van der Waals surface area contributed by atoms with E-state index in [4.69, 9.17) is 4.74 Å². The Morgan fingerprint density at radius 1 is 1.56 bits per heavy atom. The van der Waals surface area contributed by atoms with Gasteiger partial charge in [-0.15, -0.1) is 0 Å². The van der Waals surface area contributed by atoms with Crippen molar-refractivity contribution >= 4 is 21.8 Å². The summed E-state index contributed by atoms with van der Waals surface area (Å²) in [5, 5.41) is 0. The first-order chi connectivity index (χ1) is 7.54. The molecule has 4 nitrogen and oxygen atoms in total. The van der Waals surface area contributed by atoms with Gasteiger partial charge in [0, 0.05) is 4.47 Å². The minimum absolute atomic E-state index is 0.0157. The predicted octanol–water partition coefficient (Wildman–Crippen LogP) is 2.03. The van der Waals surface area contributed by atoms with E-state index in [-0.39, 0.29) is 5.75 Å². The van der Waals surface area contributed by atoms with Crippen LogP contribution in [0, 0.1) is 5.82 Å². The molecule has 0 aliphatic heterocycles. The van der Waals surface area contributed by atoms with Crippen LogP contribution in [0.5, 0.6) is 5.75 Å². The van der Waals surface area contributed by atoms with E-state index in [1.54, 1.807) is 6.07 Å². The molecule has 0 saturated carbocycles. The molecule has 0 heterocycles. The molecule has 88 valence electrons. The zero-order valence-corrected chi connectivity index (χ0v) is 10.4. The summed E-state index contributed by atoms with van der Waals surface area (Å²) in [6.45, 7) is 1.50. The topological polar surface area (TPSA) is 47.6 Å². The van der Waals surface area contributed by atoms with Crippen molar-refractivity contribution in [2.24, 2.45) is 0 Å². The van der Waals surface area contributed by atoms with Gasteiger partial charge in [0.05, 0.1) is 7.11 Å². The lowest BCUT2D eigenvalue weighted by atomic mass is 10.3. The number of ether oxygens (including phenoxy) is 1. The number of amides is 1. The first-order valence-corrected chi connectivity index (χ1v) is 5.28. The second-order valence-corrected chi connectivity index (χ2v) is 3.92. The molecule has 16 heavy (non-hydrogen) atoms. The Kier molecular flexibility index (Phi) is 4.70. The number of hydrogen-bond donors (Lipinski definition) is 1. The normalized spacial score (nSPS) is 12.0. The van der Waals surface area contributed by atoms with Gasteiger partial charge in [-0.3, -0.25) is 9.63 Å². The molecule has 0 aliphatic rings. The molecule has 0 unspecified atom stereocenters. The van der Waals surface area contributed by atoms with Crippen molar-refractivity contribution in [1.29, 1.82) is 0 Å². The highest BCUT2D eigenvalue weighted by atomic mass is 79.9. The third-order valence-corrected chi connectivity index (χ3v) is 2.26. The number of hydrogen-bond acceptors (Lipinski definition) is 3. The lowest BCUT2D eigenvalue weighted by molar-refractivity contribution is -0.137. The minimum atomic E-state index is -0.837. The molecule has 1 amide bonds. The van der Waals surface area contributed by atoms with Crippen molar-refractivity contribution in [2.75, 3.05) is 7.11 Å². The summed E-state index contributed by atoms with van der Waals surface area (Å²) in [5.41, 5.74) is 2.10. The van der Waals surface area contributed by atoms with E-state index in [9.17, 15) is 9.18 Å². The van der Waals surface area contributed by atoms with E-state index in [1.165, 1.54) is 26.2 Å². The van der Waals surface area contributed by atoms with E-state index in [0.717, 1.165) is 0 Å². The van der Waals surface area contributed by atoms with Crippen LogP contribution in [-0.4, -0.2) is 19.1 Å². The Hall–Kier alpha value is -1.14. The van der Waals surface area contributed by atoms with Crippen molar-refractivity contribution in [2.45, 2.75) is 13.0 Å². The van der Waals surface area contributed by atoms with Crippen LogP contribution in [0.25, 0.3) is 0 Å². The van der Waals surface area contributed by atoms with Crippen molar-refractivity contribution in [3.8, 4) is 5.75 Å². The zero-order valence-electron chi connectivity index (χ0n) is 8.79. The summed E-state index contributed by atoms with van der Waals surface area (Å²) >= 11 is 3.12. The lowest BCUT2D eigenvalue weighted by Gasteiger charge is -2.14. The highest BCUT2D eigenvalue weighted by molar-refractivity contribution is 9.10. The summed E-state index contributed by atoms with van der Waals surface area (Å²) in [7, 11) is 1.31. The zero-order chi connectivity index (χ0) is 12.1. The van der Waals surface area contributed by atoms with Crippen LogP contribution < -0.4 is 10.2 Å². The Morgan fingerprint density at radius 3 is 2.81 bits per heavy atom. The molecule has 0 bridgehead atoms. The van der Waals surface area contributed by atoms with Crippen molar-refractivity contribution in [3.05, 3.63) is 28.5 Å². The van der Waals surface area contributed by atoms with Crippen molar-refractivity contribution in [3.63, 3.8) is 0 Å². The second-order valence-electron chi connectivity index (χ2n) is 3.01. The number of carbonyl (C=O) groups excluding carboxylic acids is 1. The highest BCUT2D eigenvalue weighted by Crippen LogP contribution is 2.22. The van der Waals surface area contributed by atoms with Crippen LogP contribution in [0.15, 0.2) is 22.7 Å². The number of hydroxylamine groups is 1. The maximum Gasteiger partial charge on any atom is 0.284 e. The van der Waals surface area contributed by atoms with Crippen LogP contribution in [0.2, 0.25) is 0 Å². The molecule has 0 aliphatic carbocycles. The maximum absolute atomic E-state index is 13.3. The molecule has 0 spiro atoms. The fraction of sp³-hybridized carbons (Fsp3) is 0.300. The standard InChI is InChI=1S/C10H11BrFNO3/c1-6(10(14)13-15-2)16-9-4-3-7(11)5-8(9)12/h3-6H,1-2H3,(H,13,14)/t6-/m0/s1. The molecule has 0 fully saturated rings. The number of nitrogens with one attached hydrogen (secondary N) is 1. The molecule has 0 aromatic heterocycles. The molecule has 6 heteroatoms. The van der Waals surface area contributed by atoms with Gasteiger partial charge in [0.25, 0.3) is 5.91 Å². The Labute approximate surface area is 101 Å². The quantitative estimate of drug-likeness (QED) is 0.864. The molecule has 0 saturated heterocycles.